The normalized spacial score (nSPS) is 11.9. The molecule has 0 spiro atoms. The number of carboxylic acid groups (broad SMARTS) is 2. The number of rotatable bonds is 10. The maximum Gasteiger partial charge on any atom is 0.320 e. The lowest BCUT2D eigenvalue weighted by atomic mass is 9.98. The molecule has 15 nitrogen and oxygen atoms in total. The summed E-state index contributed by atoms with van der Waals surface area (Å²) >= 11 is 0. The van der Waals surface area contributed by atoms with E-state index in [4.69, 9.17) is 21.7 Å². The maximum atomic E-state index is 11.7. The highest BCUT2D eigenvalue weighted by Gasteiger charge is 2.25. The molecule has 0 aliphatic heterocycles. The molecule has 3 aromatic carbocycles. The van der Waals surface area contributed by atoms with Gasteiger partial charge in [0.25, 0.3) is 5.69 Å². The van der Waals surface area contributed by atoms with Crippen LogP contribution in [0.5, 0.6) is 0 Å². The molecule has 6 heterocycles. The quantitative estimate of drug-likeness (QED) is 0.0526. The van der Waals surface area contributed by atoms with E-state index in [9.17, 15) is 19.7 Å². The summed E-state index contributed by atoms with van der Waals surface area (Å²) in [6.07, 6.45) is 15.9. The number of aromatic amines is 3. The second-order valence-corrected chi connectivity index (χ2v) is 13.8. The first-order valence-corrected chi connectivity index (χ1v) is 18.7. The summed E-state index contributed by atoms with van der Waals surface area (Å²) in [6.45, 7) is 0. The molecule has 9 rings (SSSR count). The van der Waals surface area contributed by atoms with Crippen LogP contribution in [-0.2, 0) is 22.4 Å². The fourth-order valence-corrected chi connectivity index (χ4v) is 6.89. The van der Waals surface area contributed by atoms with E-state index in [0.717, 1.165) is 27.6 Å². The second kappa shape index (κ2) is 18.1. The predicted octanol–water partition coefficient (Wildman–Crippen LogP) is 7.51. The summed E-state index contributed by atoms with van der Waals surface area (Å²) in [6, 6.07) is 27.2. The van der Waals surface area contributed by atoms with Crippen LogP contribution in [0.15, 0.2) is 147 Å². The average molecular weight is 802 g/mol. The van der Waals surface area contributed by atoms with Crippen molar-refractivity contribution in [2.75, 3.05) is 0 Å². The lowest BCUT2D eigenvalue weighted by molar-refractivity contribution is -0.382. The van der Waals surface area contributed by atoms with Crippen LogP contribution in [0, 0.1) is 10.1 Å². The number of hydrogen-bond acceptors (Lipinski definition) is 9. The molecule has 2 atom stereocenters. The Bertz CT molecular complexity index is 2910. The molecule has 9 N–H and O–H groups in total. The fourth-order valence-electron chi connectivity index (χ4n) is 6.89. The van der Waals surface area contributed by atoms with Gasteiger partial charge in [-0.1, -0.05) is 12.1 Å². The monoisotopic (exact) mass is 801 g/mol. The molecule has 60 heavy (non-hydrogen) atoms. The minimum absolute atomic E-state index is 0.00400. The van der Waals surface area contributed by atoms with Gasteiger partial charge in [-0.3, -0.25) is 34.7 Å². The number of nitrogens with one attached hydrogen (secondary N) is 3. The first-order chi connectivity index (χ1) is 29.1. The Labute approximate surface area is 341 Å². The smallest absolute Gasteiger partial charge is 0.320 e. The number of benzene rings is 3. The van der Waals surface area contributed by atoms with Gasteiger partial charge in [0, 0.05) is 85.0 Å². The van der Waals surface area contributed by atoms with E-state index in [1.165, 1.54) is 22.0 Å². The fraction of sp³-hybridized carbons (Fsp3) is 0.0889. The highest BCUT2D eigenvalue weighted by molar-refractivity contribution is 5.99. The van der Waals surface area contributed by atoms with E-state index in [2.05, 4.69) is 54.2 Å². The number of pyridine rings is 3. The lowest BCUT2D eigenvalue weighted by Crippen LogP contribution is -2.32. The van der Waals surface area contributed by atoms with E-state index >= 15 is 0 Å². The SMILES string of the molecule is N[C@@H](Cc1c[nH]c2ccc(-c3ccncc3)c([N+](=O)[O-])c12)C(=O)O.N[C@@H](Cc1c[nH]c2ccc(-c3ccncc3)cc12)C(=O)O.c1cc(-c2ccc3[nH]ccc3c2)ccn1. The number of hydrogen-bond donors (Lipinski definition) is 7. The van der Waals surface area contributed by atoms with Crippen LogP contribution < -0.4 is 11.5 Å². The maximum absolute atomic E-state index is 11.7. The molecule has 0 saturated carbocycles. The minimum Gasteiger partial charge on any atom is -0.480 e. The van der Waals surface area contributed by atoms with Crippen molar-refractivity contribution in [3.8, 4) is 33.4 Å². The lowest BCUT2D eigenvalue weighted by Gasteiger charge is -2.08. The summed E-state index contributed by atoms with van der Waals surface area (Å²) in [4.78, 5) is 54.4. The number of fused-ring (bicyclic) bond motifs is 3. The Hall–Kier alpha value is -8.01. The largest absolute Gasteiger partial charge is 0.480 e. The first kappa shape index (κ1) is 40.2. The molecule has 0 aliphatic rings. The van der Waals surface area contributed by atoms with Crippen molar-refractivity contribution >= 4 is 50.3 Å². The van der Waals surface area contributed by atoms with Crippen molar-refractivity contribution < 1.29 is 24.7 Å². The van der Waals surface area contributed by atoms with Crippen LogP contribution in [0.25, 0.3) is 66.1 Å². The Balaban J connectivity index is 0.000000139. The predicted molar refractivity (Wildman–Crippen MR) is 230 cm³/mol. The number of nitrogens with two attached hydrogens (primary N) is 2. The summed E-state index contributed by atoms with van der Waals surface area (Å²) in [5, 5.41) is 32.3. The molecule has 6 aromatic heterocycles. The molecule has 0 radical (unpaired) electrons. The summed E-state index contributed by atoms with van der Waals surface area (Å²) in [7, 11) is 0. The standard InChI is InChI=1S/C16H14N4O4.C16H15N3O2.C13H10N2/c17-12(16(21)22)7-10-8-19-13-2-1-11(9-3-5-18-6-4-9)15(14(10)13)20(23)24;17-14(16(20)21)8-12-9-19-15-2-1-11(7-13(12)15)10-3-5-18-6-4-10;1-2-13-12(5-8-15-13)9-11(1)10-3-6-14-7-4-10/h1-6,8,12,19H,7,17H2,(H,21,22);1-7,9,14,19H,8,17H2,(H,20,21);1-9,15H/t12-;14-;/m00./s1. The molecule has 9 aromatic rings. The van der Waals surface area contributed by atoms with Crippen molar-refractivity contribution in [3.05, 3.63) is 168 Å². The average Bonchev–Trinajstić information content (AvgIpc) is 4.03. The molecule has 300 valence electrons. The number of nitrogens with zero attached hydrogens (tertiary/aromatic N) is 4. The number of nitro groups is 1. The van der Waals surface area contributed by atoms with Crippen molar-refractivity contribution in [2.24, 2.45) is 11.5 Å². The summed E-state index contributed by atoms with van der Waals surface area (Å²) < 4.78 is 0. The Morgan fingerprint density at radius 2 is 1.10 bits per heavy atom. The van der Waals surface area contributed by atoms with Crippen LogP contribution in [0.4, 0.5) is 5.69 Å². The third-order valence-corrected chi connectivity index (χ3v) is 9.94. The first-order valence-electron chi connectivity index (χ1n) is 18.7. The minimum atomic E-state index is -1.16. The van der Waals surface area contributed by atoms with Crippen LogP contribution >= 0.6 is 0 Å². The summed E-state index contributed by atoms with van der Waals surface area (Å²) in [5.74, 6) is -2.15. The second-order valence-electron chi connectivity index (χ2n) is 13.8. The zero-order valence-corrected chi connectivity index (χ0v) is 31.9. The molecular weight excluding hydrogens is 763 g/mol. The van der Waals surface area contributed by atoms with E-state index in [0.29, 0.717) is 34.0 Å². The molecule has 0 amide bonds. The van der Waals surface area contributed by atoms with Gasteiger partial charge in [0.15, 0.2) is 0 Å². The van der Waals surface area contributed by atoms with E-state index in [-0.39, 0.29) is 12.1 Å². The van der Waals surface area contributed by atoms with E-state index < -0.39 is 28.9 Å². The van der Waals surface area contributed by atoms with Gasteiger partial charge in [0.05, 0.1) is 21.4 Å². The Morgan fingerprint density at radius 3 is 1.68 bits per heavy atom. The Morgan fingerprint density at radius 1 is 0.600 bits per heavy atom. The zero-order valence-electron chi connectivity index (χ0n) is 31.9. The van der Waals surface area contributed by atoms with Crippen LogP contribution in [0.2, 0.25) is 0 Å². The van der Waals surface area contributed by atoms with Crippen molar-refractivity contribution in [3.63, 3.8) is 0 Å². The van der Waals surface area contributed by atoms with Gasteiger partial charge < -0.3 is 36.6 Å². The highest BCUT2D eigenvalue weighted by Crippen LogP contribution is 2.38. The third-order valence-electron chi connectivity index (χ3n) is 9.94. The van der Waals surface area contributed by atoms with E-state index in [1.54, 1.807) is 55.2 Å². The molecule has 15 heteroatoms. The van der Waals surface area contributed by atoms with Gasteiger partial charge in [-0.2, -0.15) is 0 Å². The molecule has 0 unspecified atom stereocenters. The third kappa shape index (κ3) is 9.07. The molecular formula is C45H39N9O6. The molecule has 0 fully saturated rings. The van der Waals surface area contributed by atoms with Gasteiger partial charge in [0.2, 0.25) is 0 Å². The number of H-pyrrole nitrogens is 3. The molecule has 0 bridgehead atoms. The van der Waals surface area contributed by atoms with Gasteiger partial charge in [-0.25, -0.2) is 0 Å². The van der Waals surface area contributed by atoms with Crippen LogP contribution in [-0.4, -0.2) is 69.1 Å². The zero-order chi connectivity index (χ0) is 42.2. The number of aliphatic carboxylic acids is 2. The molecule has 0 aliphatic carbocycles. The van der Waals surface area contributed by atoms with E-state index in [1.807, 2.05) is 67.3 Å². The number of carboxylic acids is 2. The van der Waals surface area contributed by atoms with Crippen LogP contribution in [0.1, 0.15) is 11.1 Å². The number of aromatic nitrogens is 6. The number of carbonyl (C=O) groups is 2. The van der Waals surface area contributed by atoms with Crippen molar-refractivity contribution in [1.29, 1.82) is 0 Å². The molecule has 0 saturated heterocycles. The van der Waals surface area contributed by atoms with Crippen molar-refractivity contribution in [2.45, 2.75) is 24.9 Å². The van der Waals surface area contributed by atoms with Gasteiger partial charge in [-0.15, -0.1) is 0 Å². The van der Waals surface area contributed by atoms with Gasteiger partial charge in [0.1, 0.15) is 12.1 Å². The highest BCUT2D eigenvalue weighted by atomic mass is 16.6. The van der Waals surface area contributed by atoms with Gasteiger partial charge in [-0.05, 0) is 123 Å². The Kier molecular flexibility index (Phi) is 12.1. The van der Waals surface area contributed by atoms with Crippen LogP contribution in [0.3, 0.4) is 0 Å². The number of nitro benzene ring substituents is 1. The topological polar surface area (TPSA) is 256 Å². The summed E-state index contributed by atoms with van der Waals surface area (Å²) in [5.41, 5.74) is 20.9. The van der Waals surface area contributed by atoms with Crippen molar-refractivity contribution in [1.82, 2.24) is 29.9 Å². The van der Waals surface area contributed by atoms with Gasteiger partial charge >= 0.3 is 11.9 Å².